The molecule has 1 fully saturated rings. The van der Waals surface area contributed by atoms with Gasteiger partial charge >= 0.3 is 6.09 Å². The molecule has 144 valence electrons. The predicted octanol–water partition coefficient (Wildman–Crippen LogP) is 4.53. The predicted molar refractivity (Wildman–Crippen MR) is 102 cm³/mol. The van der Waals surface area contributed by atoms with E-state index in [1.807, 2.05) is 12.1 Å². The van der Waals surface area contributed by atoms with Crippen molar-refractivity contribution in [3.05, 3.63) is 46.5 Å². The van der Waals surface area contributed by atoms with Crippen LogP contribution in [0.3, 0.4) is 0 Å². The highest BCUT2D eigenvalue weighted by atomic mass is 16.6. The van der Waals surface area contributed by atoms with Crippen molar-refractivity contribution in [3.8, 4) is 5.75 Å². The van der Waals surface area contributed by atoms with E-state index in [9.17, 15) is 14.9 Å². The van der Waals surface area contributed by atoms with E-state index in [1.165, 1.54) is 6.07 Å². The quantitative estimate of drug-likeness (QED) is 0.423. The standard InChI is InChI=1S/C20H24N2O5/c1-2-3-14-26-20(23)21-12-10-15(11-13-21)27-19-9-8-18(22(24)25)16-6-4-5-7-17(16)19/h4-9,15H,2-3,10-14H2,1H3. The normalized spacial score (nSPS) is 14.9. The molecule has 2 aromatic rings. The highest BCUT2D eigenvalue weighted by Gasteiger charge is 2.25. The summed E-state index contributed by atoms with van der Waals surface area (Å²) in [5.74, 6) is 0.639. The topological polar surface area (TPSA) is 81.9 Å². The molecule has 3 rings (SSSR count). The number of piperidine rings is 1. The maximum atomic E-state index is 12.0. The minimum Gasteiger partial charge on any atom is -0.490 e. The average Bonchev–Trinajstić information content (AvgIpc) is 2.68. The Morgan fingerprint density at radius 1 is 1.19 bits per heavy atom. The first-order valence-electron chi connectivity index (χ1n) is 9.34. The number of rotatable bonds is 6. The van der Waals surface area contributed by atoms with Gasteiger partial charge in [0.2, 0.25) is 0 Å². The zero-order chi connectivity index (χ0) is 19.2. The summed E-state index contributed by atoms with van der Waals surface area (Å²) >= 11 is 0. The number of unbranched alkanes of at least 4 members (excludes halogenated alkanes) is 1. The molecule has 0 spiro atoms. The molecule has 2 aromatic carbocycles. The van der Waals surface area contributed by atoms with Gasteiger partial charge in [0.15, 0.2) is 0 Å². The highest BCUT2D eigenvalue weighted by molar-refractivity contribution is 5.95. The Bertz CT molecular complexity index is 815. The first-order valence-corrected chi connectivity index (χ1v) is 9.34. The molecule has 7 nitrogen and oxygen atoms in total. The number of likely N-dealkylation sites (tertiary alicyclic amines) is 1. The molecule has 27 heavy (non-hydrogen) atoms. The highest BCUT2D eigenvalue weighted by Crippen LogP contribution is 2.34. The molecule has 0 bridgehead atoms. The van der Waals surface area contributed by atoms with E-state index >= 15 is 0 Å². The van der Waals surface area contributed by atoms with Crippen LogP contribution in [0.15, 0.2) is 36.4 Å². The molecular formula is C20H24N2O5. The lowest BCUT2D eigenvalue weighted by atomic mass is 10.1. The monoisotopic (exact) mass is 372 g/mol. The molecule has 1 heterocycles. The third-order valence-corrected chi connectivity index (χ3v) is 4.77. The van der Waals surface area contributed by atoms with E-state index in [1.54, 1.807) is 23.1 Å². The van der Waals surface area contributed by atoms with Crippen molar-refractivity contribution in [2.75, 3.05) is 19.7 Å². The molecule has 0 aliphatic carbocycles. The summed E-state index contributed by atoms with van der Waals surface area (Å²) in [4.78, 5) is 24.6. The van der Waals surface area contributed by atoms with Gasteiger partial charge in [-0.2, -0.15) is 0 Å². The molecule has 0 unspecified atom stereocenters. The minimum atomic E-state index is -0.380. The number of nitro benzene ring substituents is 1. The Hall–Kier alpha value is -2.83. The van der Waals surface area contributed by atoms with Gasteiger partial charge in [-0.05, 0) is 18.6 Å². The first kappa shape index (κ1) is 18.9. The Morgan fingerprint density at radius 3 is 2.56 bits per heavy atom. The smallest absolute Gasteiger partial charge is 0.409 e. The van der Waals surface area contributed by atoms with E-state index in [0.717, 1.165) is 18.2 Å². The molecule has 1 aliphatic heterocycles. The summed E-state index contributed by atoms with van der Waals surface area (Å²) in [5.41, 5.74) is 0.0718. The number of nitro groups is 1. The fourth-order valence-electron chi connectivity index (χ4n) is 3.25. The molecule has 7 heteroatoms. The van der Waals surface area contributed by atoms with Crippen LogP contribution in [0.2, 0.25) is 0 Å². The van der Waals surface area contributed by atoms with Crippen molar-refractivity contribution in [1.82, 2.24) is 4.90 Å². The number of hydrogen-bond acceptors (Lipinski definition) is 5. The van der Waals surface area contributed by atoms with E-state index in [4.69, 9.17) is 9.47 Å². The molecule has 1 saturated heterocycles. The lowest BCUT2D eigenvalue weighted by Gasteiger charge is -2.31. The number of carbonyl (C=O) groups excluding carboxylic acids is 1. The largest absolute Gasteiger partial charge is 0.490 e. The van der Waals surface area contributed by atoms with E-state index in [2.05, 4.69) is 6.92 Å². The van der Waals surface area contributed by atoms with Crippen molar-refractivity contribution >= 4 is 22.6 Å². The zero-order valence-electron chi connectivity index (χ0n) is 15.4. The third kappa shape index (κ3) is 4.48. The van der Waals surface area contributed by atoms with Crippen molar-refractivity contribution < 1.29 is 19.2 Å². The first-order chi connectivity index (χ1) is 13.1. The lowest BCUT2D eigenvalue weighted by molar-refractivity contribution is -0.383. The van der Waals surface area contributed by atoms with Crippen LogP contribution >= 0.6 is 0 Å². The van der Waals surface area contributed by atoms with Gasteiger partial charge < -0.3 is 14.4 Å². The SMILES string of the molecule is CCCCOC(=O)N1CCC(Oc2ccc([N+](=O)[O-])c3ccccc23)CC1. The molecule has 0 N–H and O–H groups in total. The fourth-order valence-corrected chi connectivity index (χ4v) is 3.25. The van der Waals surface area contributed by atoms with Crippen LogP contribution < -0.4 is 4.74 Å². The Morgan fingerprint density at radius 2 is 1.89 bits per heavy atom. The number of carbonyl (C=O) groups is 1. The zero-order valence-corrected chi connectivity index (χ0v) is 15.4. The summed E-state index contributed by atoms with van der Waals surface area (Å²) in [6, 6.07) is 10.3. The van der Waals surface area contributed by atoms with Crippen LogP contribution in [-0.2, 0) is 4.74 Å². The fraction of sp³-hybridized carbons (Fsp3) is 0.450. The van der Waals surface area contributed by atoms with Crippen LogP contribution in [-0.4, -0.2) is 41.7 Å². The molecule has 1 aliphatic rings. The number of non-ortho nitro benzene ring substituents is 1. The number of benzene rings is 2. The van der Waals surface area contributed by atoms with Crippen LogP contribution in [0.5, 0.6) is 5.75 Å². The summed E-state index contributed by atoms with van der Waals surface area (Å²) in [5, 5.41) is 12.5. The van der Waals surface area contributed by atoms with E-state index < -0.39 is 0 Å². The number of hydrogen-bond donors (Lipinski definition) is 0. The van der Waals surface area contributed by atoms with Gasteiger partial charge in [-0.25, -0.2) is 4.79 Å². The number of ether oxygens (including phenoxy) is 2. The van der Waals surface area contributed by atoms with Gasteiger partial charge in [-0.3, -0.25) is 10.1 Å². The van der Waals surface area contributed by atoms with Gasteiger partial charge in [0.1, 0.15) is 11.9 Å². The summed E-state index contributed by atoms with van der Waals surface area (Å²) < 4.78 is 11.4. The molecular weight excluding hydrogens is 348 g/mol. The third-order valence-electron chi connectivity index (χ3n) is 4.77. The molecule has 0 atom stereocenters. The molecule has 0 aromatic heterocycles. The summed E-state index contributed by atoms with van der Waals surface area (Å²) in [6.07, 6.45) is 2.98. The Balaban J connectivity index is 1.63. The van der Waals surface area contributed by atoms with Crippen LogP contribution in [0.4, 0.5) is 10.5 Å². The maximum Gasteiger partial charge on any atom is 0.409 e. The number of nitrogens with zero attached hydrogens (tertiary/aromatic N) is 2. The van der Waals surface area contributed by atoms with Gasteiger partial charge in [-0.15, -0.1) is 0 Å². The second kappa shape index (κ2) is 8.70. The van der Waals surface area contributed by atoms with E-state index in [-0.39, 0.29) is 22.8 Å². The second-order valence-corrected chi connectivity index (χ2v) is 6.66. The summed E-state index contributed by atoms with van der Waals surface area (Å²) in [6.45, 7) is 3.68. The average molecular weight is 372 g/mol. The van der Waals surface area contributed by atoms with E-state index in [0.29, 0.717) is 43.7 Å². The Kier molecular flexibility index (Phi) is 6.11. The van der Waals surface area contributed by atoms with Crippen LogP contribution in [0, 0.1) is 10.1 Å². The summed E-state index contributed by atoms with van der Waals surface area (Å²) in [7, 11) is 0. The van der Waals surface area contributed by atoms with Crippen molar-refractivity contribution in [3.63, 3.8) is 0 Å². The van der Waals surface area contributed by atoms with Crippen LogP contribution in [0.1, 0.15) is 32.6 Å². The van der Waals surface area contributed by atoms with Gasteiger partial charge in [0, 0.05) is 37.4 Å². The maximum absolute atomic E-state index is 12.0. The Labute approximate surface area is 158 Å². The van der Waals surface area contributed by atoms with Crippen molar-refractivity contribution in [2.45, 2.75) is 38.7 Å². The van der Waals surface area contributed by atoms with Crippen molar-refractivity contribution in [1.29, 1.82) is 0 Å². The van der Waals surface area contributed by atoms with Crippen molar-refractivity contribution in [2.24, 2.45) is 0 Å². The molecule has 0 radical (unpaired) electrons. The van der Waals surface area contributed by atoms with Gasteiger partial charge in [-0.1, -0.05) is 31.5 Å². The lowest BCUT2D eigenvalue weighted by Crippen LogP contribution is -2.42. The second-order valence-electron chi connectivity index (χ2n) is 6.66. The van der Waals surface area contributed by atoms with Crippen LogP contribution in [0.25, 0.3) is 10.8 Å². The molecule has 0 saturated carbocycles. The number of fused-ring (bicyclic) bond motifs is 1. The minimum absolute atomic E-state index is 0.0328. The van der Waals surface area contributed by atoms with Gasteiger partial charge in [0.25, 0.3) is 5.69 Å². The van der Waals surface area contributed by atoms with Gasteiger partial charge in [0.05, 0.1) is 16.9 Å². The number of amides is 1. The molecule has 1 amide bonds.